The summed E-state index contributed by atoms with van der Waals surface area (Å²) in [6.45, 7) is 7.89. The number of ether oxygens (including phenoxy) is 1. The van der Waals surface area contributed by atoms with E-state index in [4.69, 9.17) is 20.8 Å². The molecule has 0 aliphatic heterocycles. The highest BCUT2D eigenvalue weighted by Gasteiger charge is 2.28. The zero-order valence-corrected chi connectivity index (χ0v) is 16.5. The predicted molar refractivity (Wildman–Crippen MR) is 101 cm³/mol. The number of benzene rings is 1. The second kappa shape index (κ2) is 7.21. The minimum Gasteiger partial charge on any atom is -0.457 e. The molecule has 136 valence electrons. The molecular weight excluding hydrogens is 372 g/mol. The zero-order chi connectivity index (χ0) is 18.9. The first kappa shape index (κ1) is 18.6. The van der Waals surface area contributed by atoms with Crippen LogP contribution >= 0.6 is 23.4 Å². The summed E-state index contributed by atoms with van der Waals surface area (Å²) in [5.41, 5.74) is 0.421. The molecule has 2 heterocycles. The molecule has 0 aliphatic rings. The molecule has 2 aromatic heterocycles. The van der Waals surface area contributed by atoms with Gasteiger partial charge >= 0.3 is 5.97 Å². The van der Waals surface area contributed by atoms with Gasteiger partial charge in [0.1, 0.15) is 0 Å². The van der Waals surface area contributed by atoms with Gasteiger partial charge in [0, 0.05) is 9.92 Å². The highest BCUT2D eigenvalue weighted by Crippen LogP contribution is 2.40. The minimum atomic E-state index is -0.557. The van der Waals surface area contributed by atoms with Gasteiger partial charge < -0.3 is 9.15 Å². The Morgan fingerprint density at radius 3 is 2.50 bits per heavy atom. The fourth-order valence-electron chi connectivity index (χ4n) is 2.31. The van der Waals surface area contributed by atoms with Crippen molar-refractivity contribution >= 4 is 29.3 Å². The number of rotatable bonds is 4. The van der Waals surface area contributed by atoms with E-state index in [9.17, 15) is 4.79 Å². The summed E-state index contributed by atoms with van der Waals surface area (Å²) in [6.07, 6.45) is 1.44. The largest absolute Gasteiger partial charge is 0.457 e. The van der Waals surface area contributed by atoms with Gasteiger partial charge in [-0.2, -0.15) is 5.10 Å². The molecule has 3 rings (SSSR count). The van der Waals surface area contributed by atoms with Gasteiger partial charge in [0.05, 0.1) is 22.4 Å². The van der Waals surface area contributed by atoms with Gasteiger partial charge in [0.2, 0.25) is 11.6 Å². The van der Waals surface area contributed by atoms with Crippen molar-refractivity contribution in [2.45, 2.75) is 43.0 Å². The van der Waals surface area contributed by atoms with Crippen molar-refractivity contribution in [1.82, 2.24) is 9.78 Å². The third kappa shape index (κ3) is 3.97. The van der Waals surface area contributed by atoms with Crippen LogP contribution in [-0.4, -0.2) is 15.7 Å². The predicted octanol–water partition coefficient (Wildman–Crippen LogP) is 5.56. The molecule has 5 nitrogen and oxygen atoms in total. The van der Waals surface area contributed by atoms with E-state index in [1.807, 2.05) is 52.0 Å². The van der Waals surface area contributed by atoms with E-state index >= 15 is 0 Å². The van der Waals surface area contributed by atoms with Crippen molar-refractivity contribution < 1.29 is 13.9 Å². The van der Waals surface area contributed by atoms with E-state index in [-0.39, 0.29) is 11.3 Å². The first-order chi connectivity index (χ1) is 12.3. The van der Waals surface area contributed by atoms with Crippen molar-refractivity contribution in [3.8, 4) is 5.88 Å². The maximum Gasteiger partial charge on any atom is 0.380 e. The number of carbonyl (C=O) groups excluding carboxylic acids is 1. The molecule has 0 radical (unpaired) electrons. The average Bonchev–Trinajstić information content (AvgIpc) is 3.20. The van der Waals surface area contributed by atoms with Gasteiger partial charge in [-0.05, 0) is 64.1 Å². The van der Waals surface area contributed by atoms with Crippen molar-refractivity contribution in [3.05, 3.63) is 59.1 Å². The summed E-state index contributed by atoms with van der Waals surface area (Å²) in [7, 11) is 0. The van der Waals surface area contributed by atoms with Crippen LogP contribution in [0.4, 0.5) is 0 Å². The molecule has 0 aliphatic carbocycles. The Kier molecular flexibility index (Phi) is 5.16. The lowest BCUT2D eigenvalue weighted by Gasteiger charge is -2.21. The second-order valence-corrected chi connectivity index (χ2v) is 8.25. The Morgan fingerprint density at radius 2 is 1.92 bits per heavy atom. The number of esters is 1. The SMILES string of the molecule is Cc1nn(C(C)(C)C)c(OC(=O)c2ccco2)c1Sc1ccc(Cl)cc1. The van der Waals surface area contributed by atoms with Gasteiger partial charge in [-0.1, -0.05) is 23.4 Å². The molecule has 26 heavy (non-hydrogen) atoms. The standard InChI is InChI=1S/C19H19ClN2O3S/c1-12-16(26-14-9-7-13(20)8-10-14)17(22(21-12)19(2,3)4)25-18(23)15-6-5-11-24-15/h5-11H,1-4H3. The van der Waals surface area contributed by atoms with E-state index in [1.165, 1.54) is 18.0 Å². The molecule has 7 heteroatoms. The van der Waals surface area contributed by atoms with E-state index < -0.39 is 5.97 Å². The summed E-state index contributed by atoms with van der Waals surface area (Å²) in [5, 5.41) is 5.26. The number of hydrogen-bond donors (Lipinski definition) is 0. The number of carbonyl (C=O) groups is 1. The number of nitrogens with zero attached hydrogens (tertiary/aromatic N) is 2. The number of aromatic nitrogens is 2. The van der Waals surface area contributed by atoms with Crippen molar-refractivity contribution in [1.29, 1.82) is 0 Å². The lowest BCUT2D eigenvalue weighted by atomic mass is 10.1. The highest BCUT2D eigenvalue weighted by molar-refractivity contribution is 7.99. The molecule has 0 fully saturated rings. The minimum absolute atomic E-state index is 0.145. The van der Waals surface area contributed by atoms with E-state index in [1.54, 1.807) is 16.8 Å². The van der Waals surface area contributed by atoms with Crippen LogP contribution in [0.25, 0.3) is 0 Å². The van der Waals surface area contributed by atoms with Crippen molar-refractivity contribution in [2.75, 3.05) is 0 Å². The summed E-state index contributed by atoms with van der Waals surface area (Å²) in [6, 6.07) is 10.7. The molecule has 0 amide bonds. The van der Waals surface area contributed by atoms with E-state index in [2.05, 4.69) is 5.10 Å². The lowest BCUT2D eigenvalue weighted by Crippen LogP contribution is -2.25. The third-order valence-electron chi connectivity index (χ3n) is 3.55. The van der Waals surface area contributed by atoms with Gasteiger partial charge in [-0.15, -0.1) is 0 Å². The van der Waals surface area contributed by atoms with Gasteiger partial charge in [0.25, 0.3) is 0 Å². The molecular formula is C19H19ClN2O3S. The lowest BCUT2D eigenvalue weighted by molar-refractivity contribution is 0.0670. The normalized spacial score (nSPS) is 11.6. The zero-order valence-electron chi connectivity index (χ0n) is 14.9. The molecule has 0 atom stereocenters. The topological polar surface area (TPSA) is 57.3 Å². The van der Waals surface area contributed by atoms with Crippen LogP contribution < -0.4 is 4.74 Å². The Hall–Kier alpha value is -2.18. The molecule has 0 spiro atoms. The Morgan fingerprint density at radius 1 is 1.23 bits per heavy atom. The molecule has 0 saturated heterocycles. The third-order valence-corrected chi connectivity index (χ3v) is 4.98. The van der Waals surface area contributed by atoms with Crippen LogP contribution in [0.2, 0.25) is 5.02 Å². The summed E-state index contributed by atoms with van der Waals surface area (Å²) in [5.74, 6) is -0.0125. The number of halogens is 1. The Balaban J connectivity index is 2.01. The fourth-order valence-corrected chi connectivity index (χ4v) is 3.34. The molecule has 1 aromatic carbocycles. The van der Waals surface area contributed by atoms with Gasteiger partial charge in [0.15, 0.2) is 0 Å². The maximum atomic E-state index is 12.4. The van der Waals surface area contributed by atoms with Crippen LogP contribution in [-0.2, 0) is 5.54 Å². The molecule has 3 aromatic rings. The van der Waals surface area contributed by atoms with Gasteiger partial charge in [-0.25, -0.2) is 9.48 Å². The van der Waals surface area contributed by atoms with E-state index in [0.717, 1.165) is 15.5 Å². The van der Waals surface area contributed by atoms with Crippen LogP contribution in [0, 0.1) is 6.92 Å². The highest BCUT2D eigenvalue weighted by atomic mass is 35.5. The molecule has 0 N–H and O–H groups in total. The van der Waals surface area contributed by atoms with Crippen molar-refractivity contribution in [3.63, 3.8) is 0 Å². The summed E-state index contributed by atoms with van der Waals surface area (Å²) < 4.78 is 12.6. The van der Waals surface area contributed by atoms with Crippen LogP contribution in [0.1, 0.15) is 37.0 Å². The quantitative estimate of drug-likeness (QED) is 0.545. The maximum absolute atomic E-state index is 12.4. The molecule has 0 saturated carbocycles. The first-order valence-electron chi connectivity index (χ1n) is 8.05. The second-order valence-electron chi connectivity index (χ2n) is 6.73. The molecule has 0 bridgehead atoms. The summed E-state index contributed by atoms with van der Waals surface area (Å²) >= 11 is 7.44. The van der Waals surface area contributed by atoms with Gasteiger partial charge in [-0.3, -0.25) is 0 Å². The fraction of sp³-hybridized carbons (Fsp3) is 0.263. The Labute approximate surface area is 161 Å². The van der Waals surface area contributed by atoms with E-state index in [0.29, 0.717) is 10.9 Å². The first-order valence-corrected chi connectivity index (χ1v) is 9.24. The van der Waals surface area contributed by atoms with Crippen molar-refractivity contribution in [2.24, 2.45) is 0 Å². The monoisotopic (exact) mass is 390 g/mol. The van der Waals surface area contributed by atoms with Crippen LogP contribution in [0.3, 0.4) is 0 Å². The number of hydrogen-bond acceptors (Lipinski definition) is 5. The number of aryl methyl sites for hydroxylation is 1. The van der Waals surface area contributed by atoms with Crippen LogP contribution in [0.5, 0.6) is 5.88 Å². The van der Waals surface area contributed by atoms with Crippen LogP contribution in [0.15, 0.2) is 56.9 Å². The molecule has 0 unspecified atom stereocenters. The average molecular weight is 391 g/mol. The number of furan rings is 1. The Bertz CT molecular complexity index is 910. The summed E-state index contributed by atoms with van der Waals surface area (Å²) in [4.78, 5) is 14.2. The smallest absolute Gasteiger partial charge is 0.380 e.